The molecule has 26 heavy (non-hydrogen) atoms. The number of aromatic nitrogens is 1. The topological polar surface area (TPSA) is 25.4 Å². The van der Waals surface area contributed by atoms with Gasteiger partial charge in [0.15, 0.2) is 0 Å². The molecule has 2 aromatic rings. The van der Waals surface area contributed by atoms with Gasteiger partial charge >= 0.3 is 0 Å². The largest absolute Gasteiger partial charge is 0.493 e. The maximum atomic E-state index is 6.17. The number of hydrogen-bond acceptors (Lipinski definition) is 3. The zero-order valence-corrected chi connectivity index (χ0v) is 16.4. The van der Waals surface area contributed by atoms with Crippen molar-refractivity contribution in [2.24, 2.45) is 0 Å². The lowest BCUT2D eigenvalue weighted by Crippen LogP contribution is -2.34. The van der Waals surface area contributed by atoms with Crippen LogP contribution in [0.1, 0.15) is 68.2 Å². The first-order valence-corrected chi connectivity index (χ1v) is 10.0. The van der Waals surface area contributed by atoms with Crippen LogP contribution in [0.2, 0.25) is 0 Å². The van der Waals surface area contributed by atoms with Gasteiger partial charge in [0.1, 0.15) is 5.75 Å². The Morgan fingerprint density at radius 3 is 2.88 bits per heavy atom. The molecular formula is C23H32N2O. The van der Waals surface area contributed by atoms with Crippen LogP contribution in [0, 0.1) is 6.92 Å². The molecule has 140 valence electrons. The van der Waals surface area contributed by atoms with Crippen molar-refractivity contribution in [1.82, 2.24) is 9.88 Å². The molecule has 0 saturated carbocycles. The summed E-state index contributed by atoms with van der Waals surface area (Å²) in [6.07, 6.45) is 8.80. The molecule has 1 aromatic heterocycles. The normalized spacial score (nSPS) is 18.2. The first-order chi connectivity index (χ1) is 12.6. The van der Waals surface area contributed by atoms with Crippen LogP contribution < -0.4 is 4.74 Å². The highest BCUT2D eigenvalue weighted by atomic mass is 16.5. The number of nitrogens with zero attached hydrogens (tertiary/aromatic N) is 2. The van der Waals surface area contributed by atoms with Gasteiger partial charge in [-0.2, -0.15) is 0 Å². The average molecular weight is 353 g/mol. The summed E-state index contributed by atoms with van der Waals surface area (Å²) in [6, 6.07) is 11.3. The zero-order chi connectivity index (χ0) is 18.4. The number of benzene rings is 1. The van der Waals surface area contributed by atoms with E-state index in [0.29, 0.717) is 12.0 Å². The zero-order valence-electron chi connectivity index (χ0n) is 16.4. The van der Waals surface area contributed by atoms with Crippen molar-refractivity contribution >= 4 is 0 Å². The molecule has 3 rings (SSSR count). The summed E-state index contributed by atoms with van der Waals surface area (Å²) in [7, 11) is 0. The van der Waals surface area contributed by atoms with Crippen molar-refractivity contribution in [3.63, 3.8) is 0 Å². The Kier molecular flexibility index (Phi) is 6.67. The van der Waals surface area contributed by atoms with E-state index >= 15 is 0 Å². The fraction of sp³-hybridized carbons (Fsp3) is 0.522. The lowest BCUT2D eigenvalue weighted by molar-refractivity contribution is 0.137. The quantitative estimate of drug-likeness (QED) is 0.614. The summed E-state index contributed by atoms with van der Waals surface area (Å²) >= 11 is 0. The van der Waals surface area contributed by atoms with Crippen LogP contribution in [-0.2, 0) is 0 Å². The highest BCUT2D eigenvalue weighted by Crippen LogP contribution is 2.31. The van der Waals surface area contributed by atoms with E-state index in [2.05, 4.69) is 61.0 Å². The third-order valence-corrected chi connectivity index (χ3v) is 5.32. The number of piperidine rings is 1. The molecule has 0 spiro atoms. The fourth-order valence-electron chi connectivity index (χ4n) is 3.90. The average Bonchev–Trinajstić information content (AvgIpc) is 2.66. The second kappa shape index (κ2) is 9.18. The molecule has 1 saturated heterocycles. The van der Waals surface area contributed by atoms with E-state index in [1.54, 1.807) is 0 Å². The molecule has 1 aliphatic rings. The van der Waals surface area contributed by atoms with Crippen LogP contribution in [0.3, 0.4) is 0 Å². The predicted molar refractivity (Wildman–Crippen MR) is 108 cm³/mol. The van der Waals surface area contributed by atoms with E-state index in [1.165, 1.54) is 42.5 Å². The Hall–Kier alpha value is -1.87. The third-order valence-electron chi connectivity index (χ3n) is 5.32. The highest BCUT2D eigenvalue weighted by Gasteiger charge is 2.23. The molecule has 0 aliphatic carbocycles. The van der Waals surface area contributed by atoms with Crippen molar-refractivity contribution in [3.05, 3.63) is 59.4 Å². The Labute approximate surface area is 158 Å². The molecule has 0 amide bonds. The van der Waals surface area contributed by atoms with Crippen molar-refractivity contribution in [1.29, 1.82) is 0 Å². The minimum Gasteiger partial charge on any atom is -0.493 e. The highest BCUT2D eigenvalue weighted by molar-refractivity contribution is 5.39. The van der Waals surface area contributed by atoms with E-state index in [4.69, 9.17) is 4.74 Å². The molecule has 0 bridgehead atoms. The van der Waals surface area contributed by atoms with E-state index in [-0.39, 0.29) is 0 Å². The van der Waals surface area contributed by atoms with Crippen LogP contribution in [0.25, 0.3) is 0 Å². The molecular weight excluding hydrogens is 320 g/mol. The van der Waals surface area contributed by atoms with Crippen LogP contribution in [0.4, 0.5) is 0 Å². The van der Waals surface area contributed by atoms with Crippen LogP contribution in [0.15, 0.2) is 42.7 Å². The van der Waals surface area contributed by atoms with Gasteiger partial charge in [0.2, 0.25) is 0 Å². The molecule has 1 aliphatic heterocycles. The van der Waals surface area contributed by atoms with Gasteiger partial charge in [-0.05, 0) is 67.5 Å². The monoisotopic (exact) mass is 352 g/mol. The SMILES string of the molecule is Cc1ccc(C(C)C)c(OCCCN2CCCCC2c2cccnc2)c1. The third kappa shape index (κ3) is 4.85. The van der Waals surface area contributed by atoms with E-state index in [0.717, 1.165) is 25.3 Å². The van der Waals surface area contributed by atoms with Gasteiger partial charge in [0.05, 0.1) is 6.61 Å². The number of ether oxygens (including phenoxy) is 1. The van der Waals surface area contributed by atoms with Gasteiger partial charge in [0, 0.05) is 25.0 Å². The Morgan fingerprint density at radius 2 is 2.12 bits per heavy atom. The lowest BCUT2D eigenvalue weighted by atomic mass is 9.96. The second-order valence-corrected chi connectivity index (χ2v) is 7.73. The second-order valence-electron chi connectivity index (χ2n) is 7.73. The summed E-state index contributed by atoms with van der Waals surface area (Å²) < 4.78 is 6.17. The molecule has 3 heteroatoms. The van der Waals surface area contributed by atoms with Gasteiger partial charge in [0.25, 0.3) is 0 Å². The number of likely N-dealkylation sites (tertiary alicyclic amines) is 1. The van der Waals surface area contributed by atoms with E-state index in [1.807, 2.05) is 12.4 Å². The first-order valence-electron chi connectivity index (χ1n) is 10.0. The number of rotatable bonds is 7. The minimum atomic E-state index is 0.489. The first kappa shape index (κ1) is 18.9. The van der Waals surface area contributed by atoms with Gasteiger partial charge in [-0.15, -0.1) is 0 Å². The van der Waals surface area contributed by atoms with Gasteiger partial charge < -0.3 is 4.74 Å². The molecule has 0 radical (unpaired) electrons. The molecule has 1 atom stereocenters. The minimum absolute atomic E-state index is 0.489. The molecule has 0 N–H and O–H groups in total. The summed E-state index contributed by atoms with van der Waals surface area (Å²) in [6.45, 7) is 9.62. The molecule has 2 heterocycles. The van der Waals surface area contributed by atoms with E-state index < -0.39 is 0 Å². The summed E-state index contributed by atoms with van der Waals surface area (Å²) in [5, 5.41) is 0. The fourth-order valence-corrected chi connectivity index (χ4v) is 3.90. The summed E-state index contributed by atoms with van der Waals surface area (Å²) in [5.74, 6) is 1.55. The van der Waals surface area contributed by atoms with Crippen molar-refractivity contribution in [2.75, 3.05) is 19.7 Å². The Morgan fingerprint density at radius 1 is 1.23 bits per heavy atom. The lowest BCUT2D eigenvalue weighted by Gasteiger charge is -2.35. The van der Waals surface area contributed by atoms with Crippen molar-refractivity contribution in [3.8, 4) is 5.75 Å². The van der Waals surface area contributed by atoms with Crippen LogP contribution >= 0.6 is 0 Å². The molecule has 1 fully saturated rings. The van der Waals surface area contributed by atoms with Crippen molar-refractivity contribution < 1.29 is 4.74 Å². The number of pyridine rings is 1. The van der Waals surface area contributed by atoms with Crippen molar-refractivity contribution in [2.45, 2.75) is 58.4 Å². The smallest absolute Gasteiger partial charge is 0.122 e. The Balaban J connectivity index is 1.55. The number of hydrogen-bond donors (Lipinski definition) is 0. The Bertz CT molecular complexity index is 684. The number of aryl methyl sites for hydroxylation is 1. The van der Waals surface area contributed by atoms with Gasteiger partial charge in [-0.3, -0.25) is 9.88 Å². The van der Waals surface area contributed by atoms with E-state index in [9.17, 15) is 0 Å². The maximum absolute atomic E-state index is 6.17. The molecule has 1 aromatic carbocycles. The van der Waals surface area contributed by atoms with Crippen LogP contribution in [-0.4, -0.2) is 29.6 Å². The van der Waals surface area contributed by atoms with Gasteiger partial charge in [-0.1, -0.05) is 38.5 Å². The standard InChI is InChI=1S/C23H32N2O/c1-18(2)21-11-10-19(3)16-23(21)26-15-7-14-25-13-5-4-9-22(25)20-8-6-12-24-17-20/h6,8,10-12,16-18,22H,4-5,7,9,13-15H2,1-3H3. The molecule has 3 nitrogen and oxygen atoms in total. The van der Waals surface area contributed by atoms with Crippen LogP contribution in [0.5, 0.6) is 5.75 Å². The molecule has 1 unspecified atom stereocenters. The summed E-state index contributed by atoms with van der Waals surface area (Å²) in [4.78, 5) is 6.93. The predicted octanol–water partition coefficient (Wildman–Crippen LogP) is 5.51. The maximum Gasteiger partial charge on any atom is 0.122 e. The van der Waals surface area contributed by atoms with Gasteiger partial charge in [-0.25, -0.2) is 0 Å². The summed E-state index contributed by atoms with van der Waals surface area (Å²) in [5.41, 5.74) is 3.92.